The Morgan fingerprint density at radius 2 is 1.76 bits per heavy atom. The van der Waals surface area contributed by atoms with E-state index in [9.17, 15) is 13.2 Å². The Hall–Kier alpha value is -3.23. The van der Waals surface area contributed by atoms with E-state index in [0.29, 0.717) is 25.1 Å². The minimum absolute atomic E-state index is 0.0614. The molecule has 1 atom stereocenters. The quantitative estimate of drug-likeness (QED) is 0.431. The number of hydrogen-bond acceptors (Lipinski definition) is 5. The third-order valence-electron chi connectivity index (χ3n) is 7.02. The van der Waals surface area contributed by atoms with E-state index in [2.05, 4.69) is 17.3 Å². The normalized spacial score (nSPS) is 16.9. The highest BCUT2D eigenvalue weighted by Gasteiger charge is 2.37. The minimum atomic E-state index is -3.92. The van der Waals surface area contributed by atoms with Crippen LogP contribution in [0, 0.1) is 40.5 Å². The Kier molecular flexibility index (Phi) is 7.71. The highest BCUT2D eigenvalue weighted by atomic mass is 32.2. The number of hydrogen-bond donors (Lipinski definition) is 0. The zero-order valence-electron chi connectivity index (χ0n) is 22.4. The second kappa shape index (κ2) is 10.6. The molecule has 37 heavy (non-hydrogen) atoms. The summed E-state index contributed by atoms with van der Waals surface area (Å²) in [5.41, 5.74) is 6.56. The van der Waals surface area contributed by atoms with Crippen LogP contribution >= 0.6 is 0 Å². The third-order valence-corrected chi connectivity index (χ3v) is 9.05. The monoisotopic (exact) mass is 521 g/mol. The lowest BCUT2D eigenvalue weighted by molar-refractivity contribution is -0.123. The summed E-state index contributed by atoms with van der Waals surface area (Å²) in [5.74, 6) is -0.314. The number of piperidine rings is 1. The summed E-state index contributed by atoms with van der Waals surface area (Å²) in [4.78, 5) is 15.0. The first-order valence-electron chi connectivity index (χ1n) is 12.6. The molecule has 1 saturated heterocycles. The van der Waals surface area contributed by atoms with Gasteiger partial charge in [0.15, 0.2) is 10.7 Å². The number of rotatable bonds is 6. The van der Waals surface area contributed by atoms with Gasteiger partial charge in [0.2, 0.25) is 15.9 Å². The van der Waals surface area contributed by atoms with Crippen molar-refractivity contribution in [3.8, 4) is 0 Å². The summed E-state index contributed by atoms with van der Waals surface area (Å²) in [6, 6.07) is 11.9. The number of amides is 1. The van der Waals surface area contributed by atoms with Gasteiger partial charge >= 0.3 is 0 Å². The van der Waals surface area contributed by atoms with Crippen molar-refractivity contribution in [1.82, 2.24) is 9.46 Å². The summed E-state index contributed by atoms with van der Waals surface area (Å²) in [7, 11) is -2.18. The highest BCUT2D eigenvalue weighted by Crippen LogP contribution is 2.31. The molecule has 0 N–H and O–H groups in total. The van der Waals surface area contributed by atoms with Gasteiger partial charge in [-0.25, -0.2) is 8.42 Å². The van der Waals surface area contributed by atoms with E-state index in [1.165, 1.54) is 9.87 Å². The first kappa shape index (κ1) is 26.8. The largest absolute Gasteiger partial charge is 0.355 e. The van der Waals surface area contributed by atoms with Crippen molar-refractivity contribution < 1.29 is 17.7 Å². The fraction of sp³-hybridized carbons (Fsp3) is 0.379. The molecule has 0 saturated carbocycles. The van der Waals surface area contributed by atoms with Crippen LogP contribution in [0.1, 0.15) is 52.1 Å². The van der Waals surface area contributed by atoms with Gasteiger partial charge in [-0.1, -0.05) is 41.1 Å². The van der Waals surface area contributed by atoms with Crippen LogP contribution in [0.4, 0.5) is 5.69 Å². The molecule has 4 rings (SSSR count). The summed E-state index contributed by atoms with van der Waals surface area (Å²) < 4.78 is 34.5. The average molecular weight is 522 g/mol. The van der Waals surface area contributed by atoms with Crippen molar-refractivity contribution in [2.24, 2.45) is 5.92 Å². The Balaban J connectivity index is 1.59. The summed E-state index contributed by atoms with van der Waals surface area (Å²) in [6.07, 6.45) is 4.80. The van der Waals surface area contributed by atoms with E-state index in [0.717, 1.165) is 27.9 Å². The molecular formula is C29H35N3O4S. The van der Waals surface area contributed by atoms with Crippen LogP contribution in [-0.2, 0) is 14.8 Å². The van der Waals surface area contributed by atoms with Crippen LogP contribution in [0.15, 0.2) is 45.8 Å². The van der Waals surface area contributed by atoms with Crippen molar-refractivity contribution in [2.75, 3.05) is 25.0 Å². The number of benzene rings is 2. The van der Waals surface area contributed by atoms with Gasteiger partial charge in [0.25, 0.3) is 0 Å². The van der Waals surface area contributed by atoms with Crippen molar-refractivity contribution in [2.45, 2.75) is 52.4 Å². The van der Waals surface area contributed by atoms with Gasteiger partial charge in [0, 0.05) is 25.8 Å². The van der Waals surface area contributed by atoms with Crippen molar-refractivity contribution in [1.29, 1.82) is 0 Å². The Bertz CT molecular complexity index is 1430. The van der Waals surface area contributed by atoms with Gasteiger partial charge in [-0.15, -0.1) is 0 Å². The molecule has 0 aliphatic carbocycles. The van der Waals surface area contributed by atoms with Crippen LogP contribution in [0.5, 0.6) is 0 Å². The first-order chi connectivity index (χ1) is 17.5. The maximum Gasteiger partial charge on any atom is 0.248 e. The lowest BCUT2D eigenvalue weighted by Gasteiger charge is -2.33. The molecule has 0 spiro atoms. The van der Waals surface area contributed by atoms with E-state index < -0.39 is 15.9 Å². The zero-order valence-corrected chi connectivity index (χ0v) is 23.2. The number of nitrogens with zero attached hydrogens (tertiary/aromatic N) is 3. The lowest BCUT2D eigenvalue weighted by Crippen LogP contribution is -2.46. The van der Waals surface area contributed by atoms with E-state index in [1.807, 2.05) is 58.0 Å². The van der Waals surface area contributed by atoms with Gasteiger partial charge in [0.05, 0.1) is 5.92 Å². The summed E-state index contributed by atoms with van der Waals surface area (Å²) >= 11 is 0. The van der Waals surface area contributed by atoms with Gasteiger partial charge in [-0.05, 0) is 87.9 Å². The van der Waals surface area contributed by atoms with Crippen LogP contribution in [0.3, 0.4) is 0 Å². The number of carbonyl (C=O) groups excluding carboxylic acids is 1. The van der Waals surface area contributed by atoms with E-state index >= 15 is 0 Å². The van der Waals surface area contributed by atoms with E-state index in [4.69, 9.17) is 4.52 Å². The van der Waals surface area contributed by atoms with Gasteiger partial charge in [-0.3, -0.25) is 4.79 Å². The van der Waals surface area contributed by atoms with Gasteiger partial charge in [-0.2, -0.15) is 4.31 Å². The van der Waals surface area contributed by atoms with Crippen LogP contribution in [0.25, 0.3) is 12.2 Å². The molecule has 0 unspecified atom stereocenters. The number of sulfonamides is 1. The molecule has 8 heteroatoms. The molecular weight excluding hydrogens is 486 g/mol. The molecule has 1 fully saturated rings. The number of carbonyl (C=O) groups is 1. The number of anilines is 1. The summed E-state index contributed by atoms with van der Waals surface area (Å²) in [6.45, 7) is 10.2. The SMILES string of the molecule is Cc1cccc(N(C)C(=O)[C@@H]2CCCN(S(=O)(=O)c3c(C)noc3/C=C/c3c(C)cc(C)cc3C)C2)c1. The predicted molar refractivity (Wildman–Crippen MR) is 147 cm³/mol. The average Bonchev–Trinajstić information content (AvgIpc) is 3.23. The van der Waals surface area contributed by atoms with Crippen molar-refractivity contribution in [3.63, 3.8) is 0 Å². The molecule has 0 bridgehead atoms. The smallest absolute Gasteiger partial charge is 0.248 e. The molecule has 1 aliphatic rings. The molecule has 7 nitrogen and oxygen atoms in total. The fourth-order valence-corrected chi connectivity index (χ4v) is 6.91. The second-order valence-electron chi connectivity index (χ2n) is 10.0. The predicted octanol–water partition coefficient (Wildman–Crippen LogP) is 5.45. The highest BCUT2D eigenvalue weighted by molar-refractivity contribution is 7.89. The molecule has 1 aromatic heterocycles. The second-order valence-corrected chi connectivity index (χ2v) is 11.9. The number of aromatic nitrogens is 1. The third kappa shape index (κ3) is 5.55. The molecule has 2 aromatic carbocycles. The Labute approximate surface area is 219 Å². The fourth-order valence-electron chi connectivity index (χ4n) is 5.14. The Morgan fingerprint density at radius 3 is 2.43 bits per heavy atom. The standard InChI is InChI=1S/C29H35N3O4S/c1-19-9-7-11-25(17-19)31(6)29(33)24-10-8-14-32(18-24)37(34,35)28-23(5)30-36-27(28)13-12-26-21(3)15-20(2)16-22(26)4/h7,9,11-13,15-17,24H,8,10,14,18H2,1-6H3/b13-12+/t24-/m1/s1. The van der Waals surface area contributed by atoms with Crippen LogP contribution in [0.2, 0.25) is 0 Å². The summed E-state index contributed by atoms with van der Waals surface area (Å²) in [5, 5.41) is 3.97. The molecule has 3 aromatic rings. The van der Waals surface area contributed by atoms with Crippen LogP contribution in [-0.4, -0.2) is 43.9 Å². The van der Waals surface area contributed by atoms with Gasteiger partial charge < -0.3 is 9.42 Å². The van der Waals surface area contributed by atoms with Gasteiger partial charge in [0.1, 0.15) is 5.69 Å². The molecule has 1 aliphatic heterocycles. The maximum absolute atomic E-state index is 13.8. The molecule has 1 amide bonds. The lowest BCUT2D eigenvalue weighted by atomic mass is 9.98. The van der Waals surface area contributed by atoms with Crippen molar-refractivity contribution >= 4 is 33.8 Å². The first-order valence-corrected chi connectivity index (χ1v) is 14.0. The van der Waals surface area contributed by atoms with Crippen LogP contribution < -0.4 is 4.90 Å². The molecule has 196 valence electrons. The zero-order chi connectivity index (χ0) is 26.9. The van der Waals surface area contributed by atoms with E-state index in [1.54, 1.807) is 24.9 Å². The van der Waals surface area contributed by atoms with E-state index in [-0.39, 0.29) is 23.1 Å². The molecule has 0 radical (unpaired) electrons. The molecule has 2 heterocycles. The van der Waals surface area contributed by atoms with Crippen molar-refractivity contribution in [3.05, 3.63) is 75.7 Å². The maximum atomic E-state index is 13.8. The number of aryl methyl sites for hydroxylation is 5. The Morgan fingerprint density at radius 1 is 1.05 bits per heavy atom. The topological polar surface area (TPSA) is 83.7 Å². The minimum Gasteiger partial charge on any atom is -0.355 e.